The van der Waals surface area contributed by atoms with Crippen molar-refractivity contribution in [2.24, 2.45) is 0 Å². The van der Waals surface area contributed by atoms with Gasteiger partial charge >= 0.3 is 0 Å². The largest absolute Gasteiger partial charge is 0.486 e. The Hall–Kier alpha value is -2.97. The SMILES string of the molecule is Cc1ccc(S(=O)(=O)OCC2COc3cccc(-c4ccc(F)cc4F)c3O2)cc1. The topological polar surface area (TPSA) is 61.8 Å². The van der Waals surface area contributed by atoms with E-state index in [4.69, 9.17) is 13.7 Å². The number of hydrogen-bond donors (Lipinski definition) is 0. The molecule has 3 aromatic carbocycles. The van der Waals surface area contributed by atoms with E-state index in [0.29, 0.717) is 11.3 Å². The average molecular weight is 432 g/mol. The van der Waals surface area contributed by atoms with Gasteiger partial charge in [-0.05, 0) is 37.3 Å². The van der Waals surface area contributed by atoms with E-state index in [2.05, 4.69) is 0 Å². The summed E-state index contributed by atoms with van der Waals surface area (Å²) < 4.78 is 69.0. The van der Waals surface area contributed by atoms with E-state index >= 15 is 0 Å². The van der Waals surface area contributed by atoms with Gasteiger partial charge in [-0.3, -0.25) is 4.18 Å². The molecule has 0 radical (unpaired) electrons. The van der Waals surface area contributed by atoms with E-state index in [1.807, 2.05) is 6.92 Å². The third-order valence-corrected chi connectivity index (χ3v) is 5.92. The standard InChI is InChI=1S/C22H18F2O5S/c1-14-5-8-17(9-6-14)30(25,26)28-13-16-12-27-21-4-2-3-19(22(21)29-16)18-10-7-15(23)11-20(18)24/h2-11,16H,12-13H2,1H3. The van der Waals surface area contributed by atoms with E-state index in [1.54, 1.807) is 30.3 Å². The van der Waals surface area contributed by atoms with Crippen LogP contribution in [0.3, 0.4) is 0 Å². The number of para-hydroxylation sites is 1. The number of ether oxygens (including phenoxy) is 2. The number of halogens is 2. The molecular weight excluding hydrogens is 414 g/mol. The Morgan fingerprint density at radius 2 is 1.80 bits per heavy atom. The molecular formula is C22H18F2O5S. The van der Waals surface area contributed by atoms with Crippen LogP contribution in [-0.4, -0.2) is 27.7 Å². The lowest BCUT2D eigenvalue weighted by atomic mass is 10.0. The second-order valence-electron chi connectivity index (χ2n) is 6.86. The van der Waals surface area contributed by atoms with E-state index in [-0.39, 0.29) is 29.4 Å². The maximum atomic E-state index is 14.3. The first-order valence-electron chi connectivity index (χ1n) is 9.17. The summed E-state index contributed by atoms with van der Waals surface area (Å²) in [4.78, 5) is 0.0410. The molecule has 5 nitrogen and oxygen atoms in total. The molecule has 1 aliphatic rings. The summed E-state index contributed by atoms with van der Waals surface area (Å²) >= 11 is 0. The Morgan fingerprint density at radius 1 is 1.03 bits per heavy atom. The zero-order valence-electron chi connectivity index (χ0n) is 16.0. The van der Waals surface area contributed by atoms with Crippen LogP contribution in [0.25, 0.3) is 11.1 Å². The predicted octanol–water partition coefficient (Wildman–Crippen LogP) is 4.49. The van der Waals surface area contributed by atoms with Crippen molar-refractivity contribution in [3.05, 3.63) is 77.9 Å². The molecule has 30 heavy (non-hydrogen) atoms. The minimum atomic E-state index is -3.96. The fourth-order valence-corrected chi connectivity index (χ4v) is 4.01. The molecule has 0 fully saturated rings. The monoisotopic (exact) mass is 432 g/mol. The van der Waals surface area contributed by atoms with Crippen molar-refractivity contribution in [3.63, 3.8) is 0 Å². The second kappa shape index (κ2) is 8.04. The molecule has 0 saturated carbocycles. The van der Waals surface area contributed by atoms with Gasteiger partial charge in [-0.25, -0.2) is 8.78 Å². The normalized spacial score (nSPS) is 15.8. The van der Waals surface area contributed by atoms with Crippen LogP contribution in [0.5, 0.6) is 11.5 Å². The Kier molecular flexibility index (Phi) is 5.44. The molecule has 1 aliphatic heterocycles. The molecule has 1 heterocycles. The van der Waals surface area contributed by atoms with Crippen LogP contribution in [0.2, 0.25) is 0 Å². The summed E-state index contributed by atoms with van der Waals surface area (Å²) in [7, 11) is -3.96. The molecule has 0 bridgehead atoms. The number of fused-ring (bicyclic) bond motifs is 1. The van der Waals surface area contributed by atoms with E-state index in [9.17, 15) is 17.2 Å². The van der Waals surface area contributed by atoms with Crippen molar-refractivity contribution < 1.29 is 30.9 Å². The Labute approximate surface area is 173 Å². The molecule has 0 amide bonds. The summed E-state index contributed by atoms with van der Waals surface area (Å²) in [5.74, 6) is -0.803. The minimum Gasteiger partial charge on any atom is -0.486 e. The molecule has 1 atom stereocenters. The third-order valence-electron chi connectivity index (χ3n) is 4.63. The van der Waals surface area contributed by atoms with Crippen molar-refractivity contribution >= 4 is 10.1 Å². The number of benzene rings is 3. The molecule has 4 rings (SSSR count). The average Bonchev–Trinajstić information content (AvgIpc) is 2.72. The molecule has 0 saturated heterocycles. The van der Waals surface area contributed by atoms with Crippen molar-refractivity contribution in [1.29, 1.82) is 0 Å². The molecule has 0 N–H and O–H groups in total. The van der Waals surface area contributed by atoms with Crippen LogP contribution >= 0.6 is 0 Å². The highest BCUT2D eigenvalue weighted by atomic mass is 32.2. The molecule has 156 valence electrons. The number of hydrogen-bond acceptors (Lipinski definition) is 5. The van der Waals surface area contributed by atoms with Crippen LogP contribution in [0.15, 0.2) is 65.6 Å². The van der Waals surface area contributed by atoms with Gasteiger partial charge in [0.25, 0.3) is 10.1 Å². The molecule has 0 aliphatic carbocycles. The summed E-state index contributed by atoms with van der Waals surface area (Å²) in [5, 5.41) is 0. The first-order chi connectivity index (χ1) is 14.3. The third kappa shape index (κ3) is 4.15. The lowest BCUT2D eigenvalue weighted by Gasteiger charge is -2.28. The highest BCUT2D eigenvalue weighted by Gasteiger charge is 2.27. The van der Waals surface area contributed by atoms with Gasteiger partial charge < -0.3 is 9.47 Å². The predicted molar refractivity (Wildman–Crippen MR) is 106 cm³/mol. The summed E-state index contributed by atoms with van der Waals surface area (Å²) in [6.45, 7) is 1.63. The smallest absolute Gasteiger partial charge is 0.297 e. The van der Waals surface area contributed by atoms with Gasteiger partial charge in [0.2, 0.25) is 0 Å². The zero-order chi connectivity index (χ0) is 21.3. The van der Waals surface area contributed by atoms with E-state index < -0.39 is 27.9 Å². The first kappa shape index (κ1) is 20.3. The highest BCUT2D eigenvalue weighted by Crippen LogP contribution is 2.41. The van der Waals surface area contributed by atoms with Crippen LogP contribution in [0.1, 0.15) is 5.56 Å². The fourth-order valence-electron chi connectivity index (χ4n) is 3.08. The van der Waals surface area contributed by atoms with E-state index in [1.165, 1.54) is 18.2 Å². The van der Waals surface area contributed by atoms with Crippen LogP contribution in [0, 0.1) is 18.6 Å². The van der Waals surface area contributed by atoms with Crippen molar-refractivity contribution in [2.75, 3.05) is 13.2 Å². The Bertz CT molecular complexity index is 1180. The van der Waals surface area contributed by atoms with Crippen LogP contribution < -0.4 is 9.47 Å². The van der Waals surface area contributed by atoms with E-state index in [0.717, 1.165) is 17.7 Å². The summed E-state index contributed by atoms with van der Waals surface area (Å²) in [6, 6.07) is 14.5. The van der Waals surface area contributed by atoms with Gasteiger partial charge in [-0.2, -0.15) is 8.42 Å². The fraction of sp³-hybridized carbons (Fsp3) is 0.182. The second-order valence-corrected chi connectivity index (χ2v) is 8.47. The van der Waals surface area contributed by atoms with Crippen molar-refractivity contribution in [2.45, 2.75) is 17.9 Å². The minimum absolute atomic E-state index is 0.0410. The number of rotatable bonds is 5. The first-order valence-corrected chi connectivity index (χ1v) is 10.6. The Morgan fingerprint density at radius 3 is 2.53 bits per heavy atom. The maximum absolute atomic E-state index is 14.3. The summed E-state index contributed by atoms with van der Waals surface area (Å²) in [6.07, 6.45) is -0.734. The van der Waals surface area contributed by atoms with Gasteiger partial charge in [0.05, 0.1) is 4.90 Å². The molecule has 1 unspecified atom stereocenters. The molecule has 0 spiro atoms. The van der Waals surface area contributed by atoms with Crippen LogP contribution in [0.4, 0.5) is 8.78 Å². The molecule has 3 aromatic rings. The van der Waals surface area contributed by atoms with Gasteiger partial charge in [0.1, 0.15) is 24.8 Å². The maximum Gasteiger partial charge on any atom is 0.297 e. The molecule has 8 heteroatoms. The molecule has 0 aromatic heterocycles. The quantitative estimate of drug-likeness (QED) is 0.556. The van der Waals surface area contributed by atoms with Crippen molar-refractivity contribution in [1.82, 2.24) is 0 Å². The highest BCUT2D eigenvalue weighted by molar-refractivity contribution is 7.86. The number of aryl methyl sites for hydroxylation is 1. The zero-order valence-corrected chi connectivity index (χ0v) is 16.8. The van der Waals surface area contributed by atoms with Gasteiger partial charge in [0, 0.05) is 17.2 Å². The van der Waals surface area contributed by atoms with Crippen molar-refractivity contribution in [3.8, 4) is 22.6 Å². The van der Waals surface area contributed by atoms with Crippen LogP contribution in [-0.2, 0) is 14.3 Å². The van der Waals surface area contributed by atoms with Gasteiger partial charge in [0.15, 0.2) is 17.6 Å². The lowest BCUT2D eigenvalue weighted by Crippen LogP contribution is -2.34. The van der Waals surface area contributed by atoms with Gasteiger partial charge in [-0.15, -0.1) is 0 Å². The lowest BCUT2D eigenvalue weighted by molar-refractivity contribution is 0.0561. The Balaban J connectivity index is 1.54. The summed E-state index contributed by atoms with van der Waals surface area (Å²) in [5.41, 5.74) is 1.44. The van der Waals surface area contributed by atoms with Gasteiger partial charge in [-0.1, -0.05) is 29.8 Å².